The third kappa shape index (κ3) is 7.61. The SMILES string of the molecule is CC[C@@H](C(=O)NC1CCCC1)N(Cc1ccc(Cl)cc1Cl)C(=O)COc1ccc(C(C)C)cc1Br. The highest BCUT2D eigenvalue weighted by atomic mass is 79.9. The van der Waals surface area contributed by atoms with E-state index in [1.54, 1.807) is 23.1 Å². The number of ether oxygens (including phenoxy) is 1. The Morgan fingerprint density at radius 2 is 1.86 bits per heavy atom. The van der Waals surface area contributed by atoms with Crippen LogP contribution < -0.4 is 10.1 Å². The van der Waals surface area contributed by atoms with Gasteiger partial charge < -0.3 is 15.0 Å². The van der Waals surface area contributed by atoms with E-state index in [9.17, 15) is 9.59 Å². The molecule has 0 unspecified atom stereocenters. The van der Waals surface area contributed by atoms with Crippen LogP contribution in [0.3, 0.4) is 0 Å². The Hall–Kier alpha value is -1.76. The van der Waals surface area contributed by atoms with Gasteiger partial charge in [0.2, 0.25) is 5.91 Å². The Bertz CT molecular complexity index is 1040. The fourth-order valence-corrected chi connectivity index (χ4v) is 5.32. The van der Waals surface area contributed by atoms with Crippen LogP contribution in [0, 0.1) is 0 Å². The average Bonchev–Trinajstić information content (AvgIpc) is 3.32. The average molecular weight is 584 g/mol. The molecule has 0 spiro atoms. The molecule has 1 aliphatic carbocycles. The molecule has 1 saturated carbocycles. The molecule has 0 aromatic heterocycles. The van der Waals surface area contributed by atoms with Crippen LogP contribution in [0.2, 0.25) is 10.0 Å². The molecule has 0 aliphatic heterocycles. The van der Waals surface area contributed by atoms with Crippen molar-refractivity contribution in [1.82, 2.24) is 10.2 Å². The van der Waals surface area contributed by atoms with Crippen molar-refractivity contribution in [2.45, 2.75) is 77.4 Å². The standard InChI is InChI=1S/C27H33BrCl2N2O3/c1-4-24(27(34)31-21-7-5-6-8-21)32(15-19-9-11-20(29)14-23(19)30)26(33)16-35-25-12-10-18(17(2)3)13-22(25)28/h9-14,17,21,24H,4-8,15-16H2,1-3H3,(H,31,34)/t24-/m0/s1. The van der Waals surface area contributed by atoms with Crippen molar-refractivity contribution >= 4 is 50.9 Å². The van der Waals surface area contributed by atoms with Crippen LogP contribution in [-0.4, -0.2) is 35.4 Å². The second-order valence-corrected chi connectivity index (χ2v) is 11.0. The molecule has 8 heteroatoms. The largest absolute Gasteiger partial charge is 0.483 e. The lowest BCUT2D eigenvalue weighted by Gasteiger charge is -2.31. The van der Waals surface area contributed by atoms with Gasteiger partial charge in [0.15, 0.2) is 6.61 Å². The van der Waals surface area contributed by atoms with Gasteiger partial charge in [-0.15, -0.1) is 0 Å². The van der Waals surface area contributed by atoms with Crippen LogP contribution >= 0.6 is 39.1 Å². The van der Waals surface area contributed by atoms with Crippen LogP contribution in [0.25, 0.3) is 0 Å². The number of hydrogen-bond donors (Lipinski definition) is 1. The summed E-state index contributed by atoms with van der Waals surface area (Å²) in [4.78, 5) is 28.3. The molecule has 3 rings (SSSR count). The molecule has 0 saturated heterocycles. The second-order valence-electron chi connectivity index (χ2n) is 9.30. The normalized spacial score (nSPS) is 14.7. The Labute approximate surface area is 226 Å². The summed E-state index contributed by atoms with van der Waals surface area (Å²) in [5.74, 6) is 0.533. The molecule has 0 heterocycles. The first-order valence-electron chi connectivity index (χ1n) is 12.2. The maximum absolute atomic E-state index is 13.5. The van der Waals surface area contributed by atoms with Gasteiger partial charge in [-0.05, 0) is 76.5 Å². The maximum Gasteiger partial charge on any atom is 0.261 e. The summed E-state index contributed by atoms with van der Waals surface area (Å²) in [7, 11) is 0. The van der Waals surface area contributed by atoms with E-state index in [2.05, 4.69) is 35.1 Å². The van der Waals surface area contributed by atoms with Crippen molar-refractivity contribution in [2.24, 2.45) is 0 Å². The number of rotatable bonds is 10. The van der Waals surface area contributed by atoms with E-state index < -0.39 is 6.04 Å². The lowest BCUT2D eigenvalue weighted by atomic mass is 10.0. The zero-order valence-corrected chi connectivity index (χ0v) is 23.5. The van der Waals surface area contributed by atoms with Gasteiger partial charge >= 0.3 is 0 Å². The van der Waals surface area contributed by atoms with E-state index in [0.717, 1.165) is 35.7 Å². The molecule has 0 radical (unpaired) electrons. The maximum atomic E-state index is 13.5. The van der Waals surface area contributed by atoms with Crippen molar-refractivity contribution in [3.8, 4) is 5.75 Å². The minimum atomic E-state index is -0.634. The monoisotopic (exact) mass is 582 g/mol. The summed E-state index contributed by atoms with van der Waals surface area (Å²) in [6.07, 6.45) is 4.65. The molecule has 1 atom stereocenters. The quantitative estimate of drug-likeness (QED) is 0.324. The van der Waals surface area contributed by atoms with Crippen molar-refractivity contribution in [2.75, 3.05) is 6.61 Å². The number of halogens is 3. The molecular weight excluding hydrogens is 551 g/mol. The number of nitrogens with zero attached hydrogens (tertiary/aromatic N) is 1. The summed E-state index contributed by atoms with van der Waals surface area (Å²) in [5, 5.41) is 4.11. The topological polar surface area (TPSA) is 58.6 Å². The summed E-state index contributed by atoms with van der Waals surface area (Å²) >= 11 is 16.0. The smallest absolute Gasteiger partial charge is 0.261 e. The predicted molar refractivity (Wildman–Crippen MR) is 145 cm³/mol. The van der Waals surface area contributed by atoms with E-state index in [1.165, 1.54) is 5.56 Å². The molecule has 2 amide bonds. The van der Waals surface area contributed by atoms with Gasteiger partial charge in [-0.25, -0.2) is 0 Å². The number of amides is 2. The fourth-order valence-electron chi connectivity index (χ4n) is 4.34. The van der Waals surface area contributed by atoms with E-state index in [-0.39, 0.29) is 31.0 Å². The van der Waals surface area contributed by atoms with Gasteiger partial charge in [0.1, 0.15) is 11.8 Å². The van der Waals surface area contributed by atoms with Crippen molar-refractivity contribution in [1.29, 1.82) is 0 Å². The molecule has 0 bridgehead atoms. The third-order valence-corrected chi connectivity index (χ3v) is 7.62. The molecule has 35 heavy (non-hydrogen) atoms. The lowest BCUT2D eigenvalue weighted by Crippen LogP contribution is -2.52. The minimum Gasteiger partial charge on any atom is -0.483 e. The summed E-state index contributed by atoms with van der Waals surface area (Å²) in [6.45, 7) is 6.13. The predicted octanol–water partition coefficient (Wildman–Crippen LogP) is 7.12. The molecule has 1 fully saturated rings. The number of benzene rings is 2. The summed E-state index contributed by atoms with van der Waals surface area (Å²) < 4.78 is 6.67. The van der Waals surface area contributed by atoms with Gasteiger partial charge in [0.25, 0.3) is 5.91 Å². The fraction of sp³-hybridized carbons (Fsp3) is 0.481. The highest BCUT2D eigenvalue weighted by Gasteiger charge is 2.31. The van der Waals surface area contributed by atoms with Crippen LogP contribution in [0.5, 0.6) is 5.75 Å². The molecule has 5 nitrogen and oxygen atoms in total. The molecule has 2 aromatic carbocycles. The minimum absolute atomic E-state index is 0.139. The summed E-state index contributed by atoms with van der Waals surface area (Å²) in [5.41, 5.74) is 1.89. The van der Waals surface area contributed by atoms with Gasteiger partial charge in [0, 0.05) is 22.6 Å². The Balaban J connectivity index is 1.80. The first-order chi connectivity index (χ1) is 16.7. The van der Waals surface area contributed by atoms with Gasteiger partial charge in [0.05, 0.1) is 4.47 Å². The number of nitrogens with one attached hydrogen (secondary N) is 1. The molecule has 2 aromatic rings. The van der Waals surface area contributed by atoms with Crippen molar-refractivity contribution < 1.29 is 14.3 Å². The second kappa shape index (κ2) is 13.0. The van der Waals surface area contributed by atoms with Crippen molar-refractivity contribution in [3.05, 3.63) is 62.0 Å². The van der Waals surface area contributed by atoms with E-state index in [4.69, 9.17) is 27.9 Å². The third-order valence-electron chi connectivity index (χ3n) is 6.42. The molecule has 190 valence electrons. The van der Waals surface area contributed by atoms with Crippen LogP contribution in [0.4, 0.5) is 0 Å². The van der Waals surface area contributed by atoms with Crippen LogP contribution in [0.15, 0.2) is 40.9 Å². The zero-order valence-electron chi connectivity index (χ0n) is 20.5. The van der Waals surface area contributed by atoms with Gasteiger partial charge in [-0.2, -0.15) is 0 Å². The van der Waals surface area contributed by atoms with E-state index in [1.807, 2.05) is 25.1 Å². The molecule has 1 aliphatic rings. The Morgan fingerprint density at radius 1 is 1.14 bits per heavy atom. The highest BCUT2D eigenvalue weighted by Crippen LogP contribution is 2.29. The molecular formula is C27H33BrCl2N2O3. The lowest BCUT2D eigenvalue weighted by molar-refractivity contribution is -0.143. The Morgan fingerprint density at radius 3 is 2.46 bits per heavy atom. The van der Waals surface area contributed by atoms with Gasteiger partial charge in [-0.1, -0.05) is 68.9 Å². The van der Waals surface area contributed by atoms with Crippen LogP contribution in [-0.2, 0) is 16.1 Å². The van der Waals surface area contributed by atoms with Crippen molar-refractivity contribution in [3.63, 3.8) is 0 Å². The Kier molecular flexibility index (Phi) is 10.3. The molecule has 1 N–H and O–H groups in total. The number of hydrogen-bond acceptors (Lipinski definition) is 3. The van der Waals surface area contributed by atoms with Crippen LogP contribution in [0.1, 0.15) is 69.9 Å². The van der Waals surface area contributed by atoms with E-state index in [0.29, 0.717) is 28.1 Å². The number of carbonyl (C=O) groups is 2. The summed E-state index contributed by atoms with van der Waals surface area (Å²) in [6, 6.07) is 10.5. The highest BCUT2D eigenvalue weighted by molar-refractivity contribution is 9.10. The first kappa shape index (κ1) is 27.8. The van der Waals surface area contributed by atoms with Gasteiger partial charge in [-0.3, -0.25) is 9.59 Å². The first-order valence-corrected chi connectivity index (χ1v) is 13.7. The number of carbonyl (C=O) groups excluding carboxylic acids is 2. The zero-order chi connectivity index (χ0) is 25.5. The van der Waals surface area contributed by atoms with E-state index >= 15 is 0 Å².